The molecule has 6 heteroatoms. The van der Waals surface area contributed by atoms with Crippen molar-refractivity contribution >= 4 is 11.6 Å². The van der Waals surface area contributed by atoms with Crippen LogP contribution in [0.4, 0.5) is 5.69 Å². The van der Waals surface area contributed by atoms with Crippen LogP contribution in [0.5, 0.6) is 0 Å². The zero-order chi connectivity index (χ0) is 12.8. The number of nitrogens with two attached hydrogens (primary N) is 1. The minimum Gasteiger partial charge on any atom is -0.396 e. The Morgan fingerprint density at radius 2 is 2.41 bits per heavy atom. The Bertz CT molecular complexity index is 376. The SMILES string of the molecule is CCn1cc(N)c(C(=O)NCC(C)COC)n1. The van der Waals surface area contributed by atoms with Gasteiger partial charge >= 0.3 is 0 Å². The van der Waals surface area contributed by atoms with Crippen molar-refractivity contribution in [3.05, 3.63) is 11.9 Å². The monoisotopic (exact) mass is 240 g/mol. The number of methoxy groups -OCH3 is 1. The number of amides is 1. The second kappa shape index (κ2) is 6.24. The van der Waals surface area contributed by atoms with Gasteiger partial charge < -0.3 is 15.8 Å². The van der Waals surface area contributed by atoms with Crippen LogP contribution in [0, 0.1) is 5.92 Å². The van der Waals surface area contributed by atoms with E-state index in [1.807, 2.05) is 13.8 Å². The van der Waals surface area contributed by atoms with E-state index in [0.717, 1.165) is 0 Å². The maximum Gasteiger partial charge on any atom is 0.273 e. The number of carbonyl (C=O) groups excluding carboxylic acids is 1. The first-order valence-corrected chi connectivity index (χ1v) is 5.68. The van der Waals surface area contributed by atoms with E-state index in [9.17, 15) is 4.79 Å². The van der Waals surface area contributed by atoms with E-state index in [2.05, 4.69) is 10.4 Å². The van der Waals surface area contributed by atoms with E-state index in [1.54, 1.807) is 18.0 Å². The summed E-state index contributed by atoms with van der Waals surface area (Å²) in [4.78, 5) is 11.8. The lowest BCUT2D eigenvalue weighted by molar-refractivity contribution is 0.0929. The van der Waals surface area contributed by atoms with Gasteiger partial charge in [0.05, 0.1) is 12.3 Å². The molecule has 96 valence electrons. The number of carbonyl (C=O) groups is 1. The highest BCUT2D eigenvalue weighted by atomic mass is 16.5. The van der Waals surface area contributed by atoms with Gasteiger partial charge in [0, 0.05) is 26.4 Å². The first kappa shape index (κ1) is 13.5. The summed E-state index contributed by atoms with van der Waals surface area (Å²) < 4.78 is 6.63. The molecule has 0 bridgehead atoms. The van der Waals surface area contributed by atoms with E-state index in [0.29, 0.717) is 25.4 Å². The predicted molar refractivity (Wildman–Crippen MR) is 65.7 cm³/mol. The van der Waals surface area contributed by atoms with Crippen LogP contribution in [0.3, 0.4) is 0 Å². The molecule has 1 aromatic heterocycles. The van der Waals surface area contributed by atoms with Crippen LogP contribution in [0.2, 0.25) is 0 Å². The van der Waals surface area contributed by atoms with E-state index in [4.69, 9.17) is 10.5 Å². The van der Waals surface area contributed by atoms with E-state index < -0.39 is 0 Å². The van der Waals surface area contributed by atoms with Crippen LogP contribution in [-0.4, -0.2) is 35.9 Å². The van der Waals surface area contributed by atoms with E-state index >= 15 is 0 Å². The molecule has 1 unspecified atom stereocenters. The van der Waals surface area contributed by atoms with Crippen molar-refractivity contribution in [2.24, 2.45) is 5.92 Å². The Balaban J connectivity index is 2.54. The Kier molecular flexibility index (Phi) is 4.96. The van der Waals surface area contributed by atoms with Crippen molar-refractivity contribution in [3.63, 3.8) is 0 Å². The number of nitrogens with zero attached hydrogens (tertiary/aromatic N) is 2. The number of hydrogen-bond donors (Lipinski definition) is 2. The van der Waals surface area contributed by atoms with E-state index in [1.165, 1.54) is 0 Å². The summed E-state index contributed by atoms with van der Waals surface area (Å²) in [6.45, 7) is 5.79. The summed E-state index contributed by atoms with van der Waals surface area (Å²) in [6.07, 6.45) is 1.66. The molecule has 3 N–H and O–H groups in total. The van der Waals surface area contributed by atoms with Gasteiger partial charge in [0.1, 0.15) is 0 Å². The average Bonchev–Trinajstić information content (AvgIpc) is 2.68. The first-order valence-electron chi connectivity index (χ1n) is 5.68. The Morgan fingerprint density at radius 3 is 2.94 bits per heavy atom. The summed E-state index contributed by atoms with van der Waals surface area (Å²) in [5.74, 6) is 0.0242. The maximum atomic E-state index is 11.8. The number of hydrogen-bond acceptors (Lipinski definition) is 4. The lowest BCUT2D eigenvalue weighted by Gasteiger charge is -2.10. The van der Waals surface area contributed by atoms with Gasteiger partial charge in [-0.25, -0.2) is 0 Å². The minimum absolute atomic E-state index is 0.238. The molecule has 1 atom stereocenters. The number of rotatable bonds is 6. The Hall–Kier alpha value is -1.56. The van der Waals surface area contributed by atoms with Crippen LogP contribution in [0.15, 0.2) is 6.20 Å². The summed E-state index contributed by atoms with van der Waals surface area (Å²) in [5, 5.41) is 6.89. The molecule has 1 rings (SSSR count). The van der Waals surface area contributed by atoms with Crippen LogP contribution in [0.25, 0.3) is 0 Å². The zero-order valence-corrected chi connectivity index (χ0v) is 10.6. The summed E-state index contributed by atoms with van der Waals surface area (Å²) in [7, 11) is 1.64. The molecule has 0 aliphatic carbocycles. The van der Waals surface area contributed by atoms with Gasteiger partial charge in [0.2, 0.25) is 0 Å². The molecule has 6 nitrogen and oxygen atoms in total. The van der Waals surface area contributed by atoms with Crippen molar-refractivity contribution in [2.45, 2.75) is 20.4 Å². The zero-order valence-electron chi connectivity index (χ0n) is 10.6. The van der Waals surface area contributed by atoms with Crippen molar-refractivity contribution in [2.75, 3.05) is 26.0 Å². The van der Waals surface area contributed by atoms with Gasteiger partial charge in [0.25, 0.3) is 5.91 Å². The van der Waals surface area contributed by atoms with Gasteiger partial charge in [-0.2, -0.15) is 5.10 Å². The van der Waals surface area contributed by atoms with Gasteiger partial charge in [0.15, 0.2) is 5.69 Å². The van der Waals surface area contributed by atoms with Gasteiger partial charge in [-0.15, -0.1) is 0 Å². The predicted octanol–water partition coefficient (Wildman–Crippen LogP) is 0.497. The fourth-order valence-corrected chi connectivity index (χ4v) is 1.47. The molecule has 0 radical (unpaired) electrons. The smallest absolute Gasteiger partial charge is 0.273 e. The molecule has 17 heavy (non-hydrogen) atoms. The van der Waals surface area contributed by atoms with Crippen molar-refractivity contribution < 1.29 is 9.53 Å². The van der Waals surface area contributed by atoms with Crippen molar-refractivity contribution in [1.29, 1.82) is 0 Å². The van der Waals surface area contributed by atoms with Crippen LogP contribution in [0.1, 0.15) is 24.3 Å². The van der Waals surface area contributed by atoms with Crippen molar-refractivity contribution in [3.8, 4) is 0 Å². The van der Waals surface area contributed by atoms with Gasteiger partial charge in [-0.05, 0) is 12.8 Å². The highest BCUT2D eigenvalue weighted by Crippen LogP contribution is 2.08. The quantitative estimate of drug-likeness (QED) is 0.758. The van der Waals surface area contributed by atoms with Gasteiger partial charge in [-0.1, -0.05) is 6.92 Å². The molecule has 0 aromatic carbocycles. The maximum absolute atomic E-state index is 11.8. The van der Waals surface area contributed by atoms with Crippen LogP contribution < -0.4 is 11.1 Å². The fraction of sp³-hybridized carbons (Fsp3) is 0.636. The lowest BCUT2D eigenvalue weighted by Crippen LogP contribution is -2.30. The molecular weight excluding hydrogens is 220 g/mol. The number of nitrogens with one attached hydrogen (secondary N) is 1. The molecular formula is C11H20N4O2. The third kappa shape index (κ3) is 3.74. The fourth-order valence-electron chi connectivity index (χ4n) is 1.47. The molecule has 0 aliphatic heterocycles. The Morgan fingerprint density at radius 1 is 1.71 bits per heavy atom. The molecule has 1 aromatic rings. The third-order valence-corrected chi connectivity index (χ3v) is 2.39. The Labute approximate surface area is 101 Å². The largest absolute Gasteiger partial charge is 0.396 e. The summed E-state index contributed by atoms with van der Waals surface area (Å²) >= 11 is 0. The second-order valence-corrected chi connectivity index (χ2v) is 4.06. The molecule has 0 aliphatic rings. The second-order valence-electron chi connectivity index (χ2n) is 4.06. The molecule has 0 saturated carbocycles. The number of aromatic nitrogens is 2. The third-order valence-electron chi connectivity index (χ3n) is 2.39. The number of anilines is 1. The minimum atomic E-state index is -0.238. The normalized spacial score (nSPS) is 12.4. The first-order chi connectivity index (χ1) is 8.08. The highest BCUT2D eigenvalue weighted by molar-refractivity contribution is 5.96. The summed E-state index contributed by atoms with van der Waals surface area (Å²) in [6, 6.07) is 0. The van der Waals surface area contributed by atoms with Crippen molar-refractivity contribution in [1.82, 2.24) is 15.1 Å². The van der Waals surface area contributed by atoms with E-state index in [-0.39, 0.29) is 17.5 Å². The summed E-state index contributed by atoms with van der Waals surface area (Å²) in [5.41, 5.74) is 6.41. The molecule has 0 saturated heterocycles. The molecule has 0 fully saturated rings. The highest BCUT2D eigenvalue weighted by Gasteiger charge is 2.14. The number of ether oxygens (including phenoxy) is 1. The van der Waals surface area contributed by atoms with Crippen LogP contribution >= 0.6 is 0 Å². The number of nitrogen functional groups attached to an aromatic ring is 1. The number of aryl methyl sites for hydroxylation is 1. The lowest BCUT2D eigenvalue weighted by atomic mass is 10.2. The molecule has 1 amide bonds. The van der Waals surface area contributed by atoms with Crippen LogP contribution in [-0.2, 0) is 11.3 Å². The average molecular weight is 240 g/mol. The molecule has 1 heterocycles. The topological polar surface area (TPSA) is 82.2 Å². The van der Waals surface area contributed by atoms with Gasteiger partial charge in [-0.3, -0.25) is 9.48 Å². The molecule has 0 spiro atoms. The standard InChI is InChI=1S/C11H20N4O2/c1-4-15-6-9(12)10(14-15)11(16)13-5-8(2)7-17-3/h6,8H,4-5,7,12H2,1-3H3,(H,13,16).